The van der Waals surface area contributed by atoms with Gasteiger partial charge in [-0.1, -0.05) is 86.6 Å². The first-order chi connectivity index (χ1) is 15.5. The van der Waals surface area contributed by atoms with E-state index in [1.54, 1.807) is 0 Å². The number of benzene rings is 3. The Balaban J connectivity index is 1.83. The van der Waals surface area contributed by atoms with E-state index in [9.17, 15) is 4.79 Å². The van der Waals surface area contributed by atoms with Crippen molar-refractivity contribution < 1.29 is 9.90 Å². The molecule has 4 rings (SSSR count). The average molecular weight is 424 g/mol. The number of carboxylic acids is 1. The van der Waals surface area contributed by atoms with Crippen molar-refractivity contribution in [3.8, 4) is 28.1 Å². The molecule has 0 saturated carbocycles. The number of rotatable bonds is 8. The summed E-state index contributed by atoms with van der Waals surface area (Å²) in [7, 11) is 0. The number of carboxylic acid groups (broad SMARTS) is 1. The molecule has 0 aliphatic heterocycles. The number of hydrogen-bond acceptors (Lipinski definition) is 1. The summed E-state index contributed by atoms with van der Waals surface area (Å²) in [6, 6.07) is 32.0. The highest BCUT2D eigenvalue weighted by molar-refractivity contribution is 5.77. The van der Waals surface area contributed by atoms with Crippen molar-refractivity contribution in [2.75, 3.05) is 0 Å². The number of aliphatic carboxylic acids is 1. The van der Waals surface area contributed by atoms with E-state index in [4.69, 9.17) is 5.11 Å². The summed E-state index contributed by atoms with van der Waals surface area (Å²) >= 11 is 0. The fraction of sp³-hybridized carbons (Fsp3) is 0.207. The molecular weight excluding hydrogens is 394 g/mol. The molecule has 0 unspecified atom stereocenters. The van der Waals surface area contributed by atoms with Gasteiger partial charge in [0.05, 0.1) is 5.69 Å². The van der Waals surface area contributed by atoms with Gasteiger partial charge in [-0.25, -0.2) is 0 Å². The lowest BCUT2D eigenvalue weighted by Crippen LogP contribution is -2.05. The molecule has 3 heteroatoms. The van der Waals surface area contributed by atoms with Crippen molar-refractivity contribution >= 4 is 5.97 Å². The Hall–Kier alpha value is -3.59. The minimum atomic E-state index is -0.739. The molecule has 162 valence electrons. The second-order valence-corrected chi connectivity index (χ2v) is 8.46. The van der Waals surface area contributed by atoms with Crippen LogP contribution in [0.4, 0.5) is 0 Å². The Kier molecular flexibility index (Phi) is 6.55. The number of aryl methyl sites for hydroxylation is 1. The van der Waals surface area contributed by atoms with Gasteiger partial charge in [0.2, 0.25) is 0 Å². The summed E-state index contributed by atoms with van der Waals surface area (Å²) in [5.41, 5.74) is 8.40. The highest BCUT2D eigenvalue weighted by atomic mass is 16.4. The molecule has 3 aromatic carbocycles. The maximum Gasteiger partial charge on any atom is 0.303 e. The Bertz CT molecular complexity index is 1170. The fourth-order valence-corrected chi connectivity index (χ4v) is 4.30. The third kappa shape index (κ3) is 4.67. The van der Waals surface area contributed by atoms with E-state index in [0.29, 0.717) is 12.3 Å². The first-order valence-corrected chi connectivity index (χ1v) is 11.2. The summed E-state index contributed by atoms with van der Waals surface area (Å²) in [6.45, 7) is 4.49. The Morgan fingerprint density at radius 3 is 2.00 bits per heavy atom. The Morgan fingerprint density at radius 1 is 0.844 bits per heavy atom. The van der Waals surface area contributed by atoms with E-state index >= 15 is 0 Å². The van der Waals surface area contributed by atoms with Gasteiger partial charge in [-0.2, -0.15) is 0 Å². The molecule has 0 fully saturated rings. The van der Waals surface area contributed by atoms with Crippen molar-refractivity contribution in [3.63, 3.8) is 0 Å². The molecule has 1 N–H and O–H groups in total. The molecule has 0 saturated heterocycles. The van der Waals surface area contributed by atoms with Crippen LogP contribution in [0, 0.1) is 0 Å². The quantitative estimate of drug-likeness (QED) is 0.322. The van der Waals surface area contributed by atoms with Gasteiger partial charge >= 0.3 is 5.97 Å². The largest absolute Gasteiger partial charge is 0.481 e. The van der Waals surface area contributed by atoms with Crippen LogP contribution in [0.15, 0.2) is 91.0 Å². The number of nitrogens with zero attached hydrogens (tertiary/aromatic N) is 1. The van der Waals surface area contributed by atoms with Gasteiger partial charge in [0.15, 0.2) is 0 Å². The summed E-state index contributed by atoms with van der Waals surface area (Å²) < 4.78 is 2.38. The van der Waals surface area contributed by atoms with E-state index < -0.39 is 5.97 Å². The second kappa shape index (κ2) is 9.69. The van der Waals surface area contributed by atoms with E-state index in [2.05, 4.69) is 103 Å². The smallest absolute Gasteiger partial charge is 0.303 e. The predicted molar refractivity (Wildman–Crippen MR) is 131 cm³/mol. The lowest BCUT2D eigenvalue weighted by Gasteiger charge is -2.18. The molecule has 0 radical (unpaired) electrons. The molecule has 4 aromatic rings. The van der Waals surface area contributed by atoms with Crippen LogP contribution in [0.5, 0.6) is 0 Å². The van der Waals surface area contributed by atoms with Gasteiger partial charge in [0, 0.05) is 23.4 Å². The average Bonchev–Trinajstić information content (AvgIpc) is 3.21. The third-order valence-corrected chi connectivity index (χ3v) is 5.79. The standard InChI is InChI=1S/C29H29NO2/c1-21(2)29-26(23-11-5-3-6-12-23)20-27(24-13-7-4-8-14-24)30(29)25-18-16-22(17-19-25)10-9-15-28(31)32/h3-8,11-14,16-21H,9-10,15H2,1-2H3,(H,31,32). The SMILES string of the molecule is CC(C)c1c(-c2ccccc2)cc(-c2ccccc2)n1-c1ccc(CCCC(=O)O)cc1. The van der Waals surface area contributed by atoms with Crippen LogP contribution < -0.4 is 0 Å². The molecule has 1 aromatic heterocycles. The predicted octanol–water partition coefficient (Wildman–Crippen LogP) is 7.34. The van der Waals surface area contributed by atoms with Crippen molar-refractivity contribution in [3.05, 3.63) is 102 Å². The molecule has 0 bridgehead atoms. The molecule has 1 heterocycles. The zero-order chi connectivity index (χ0) is 22.5. The van der Waals surface area contributed by atoms with Gasteiger partial charge in [-0.05, 0) is 53.6 Å². The topological polar surface area (TPSA) is 42.2 Å². The van der Waals surface area contributed by atoms with Gasteiger partial charge in [-0.15, -0.1) is 0 Å². The third-order valence-electron chi connectivity index (χ3n) is 5.79. The van der Waals surface area contributed by atoms with Gasteiger partial charge in [0.25, 0.3) is 0 Å². The maximum absolute atomic E-state index is 10.8. The molecular formula is C29H29NO2. The molecule has 32 heavy (non-hydrogen) atoms. The van der Waals surface area contributed by atoms with E-state index in [1.807, 2.05) is 6.07 Å². The second-order valence-electron chi connectivity index (χ2n) is 8.46. The van der Waals surface area contributed by atoms with Crippen LogP contribution in [0.25, 0.3) is 28.1 Å². The van der Waals surface area contributed by atoms with Crippen molar-refractivity contribution in [2.45, 2.75) is 39.0 Å². The highest BCUT2D eigenvalue weighted by Gasteiger charge is 2.21. The van der Waals surface area contributed by atoms with Crippen LogP contribution in [0.2, 0.25) is 0 Å². The minimum Gasteiger partial charge on any atom is -0.481 e. The lowest BCUT2D eigenvalue weighted by atomic mass is 9.99. The number of aromatic nitrogens is 1. The zero-order valence-electron chi connectivity index (χ0n) is 18.7. The van der Waals surface area contributed by atoms with E-state index in [-0.39, 0.29) is 6.42 Å². The zero-order valence-corrected chi connectivity index (χ0v) is 18.7. The Labute approximate surface area is 190 Å². The van der Waals surface area contributed by atoms with Crippen LogP contribution in [0.1, 0.15) is 43.9 Å². The van der Waals surface area contributed by atoms with Gasteiger partial charge in [-0.3, -0.25) is 4.79 Å². The molecule has 0 atom stereocenters. The van der Waals surface area contributed by atoms with Crippen molar-refractivity contribution in [2.24, 2.45) is 0 Å². The van der Waals surface area contributed by atoms with Gasteiger partial charge in [0.1, 0.15) is 0 Å². The normalized spacial score (nSPS) is 11.1. The molecule has 0 aliphatic rings. The van der Waals surface area contributed by atoms with Crippen LogP contribution in [-0.2, 0) is 11.2 Å². The first-order valence-electron chi connectivity index (χ1n) is 11.2. The first kappa shape index (κ1) is 21.6. The molecule has 3 nitrogen and oxygen atoms in total. The minimum absolute atomic E-state index is 0.204. The van der Waals surface area contributed by atoms with Crippen molar-refractivity contribution in [1.82, 2.24) is 4.57 Å². The highest BCUT2D eigenvalue weighted by Crippen LogP contribution is 2.39. The van der Waals surface area contributed by atoms with Crippen LogP contribution in [-0.4, -0.2) is 15.6 Å². The number of hydrogen-bond donors (Lipinski definition) is 1. The molecule has 0 amide bonds. The molecule has 0 spiro atoms. The lowest BCUT2D eigenvalue weighted by molar-refractivity contribution is -0.137. The van der Waals surface area contributed by atoms with Crippen LogP contribution >= 0.6 is 0 Å². The Morgan fingerprint density at radius 2 is 1.44 bits per heavy atom. The monoisotopic (exact) mass is 423 g/mol. The van der Waals surface area contributed by atoms with Crippen molar-refractivity contribution in [1.29, 1.82) is 0 Å². The summed E-state index contributed by atoms with van der Waals surface area (Å²) in [6.07, 6.45) is 1.63. The maximum atomic E-state index is 10.8. The van der Waals surface area contributed by atoms with E-state index in [1.165, 1.54) is 28.1 Å². The fourth-order valence-electron chi connectivity index (χ4n) is 4.30. The van der Waals surface area contributed by atoms with Gasteiger partial charge < -0.3 is 9.67 Å². The van der Waals surface area contributed by atoms with E-state index in [0.717, 1.165) is 17.7 Å². The summed E-state index contributed by atoms with van der Waals surface area (Å²) in [4.78, 5) is 10.8. The molecule has 0 aliphatic carbocycles. The number of carbonyl (C=O) groups is 1. The summed E-state index contributed by atoms with van der Waals surface area (Å²) in [5, 5.41) is 8.90. The van der Waals surface area contributed by atoms with Crippen LogP contribution in [0.3, 0.4) is 0 Å². The summed E-state index contributed by atoms with van der Waals surface area (Å²) in [5.74, 6) is -0.408.